The number of carbonyl (C=O) groups excluding carboxylic acids is 1. The van der Waals surface area contributed by atoms with Crippen LogP contribution in [0.5, 0.6) is 0 Å². The number of nitrogens with one attached hydrogen (secondary N) is 1. The molecule has 0 saturated heterocycles. The van der Waals surface area contributed by atoms with Gasteiger partial charge in [-0.2, -0.15) is 0 Å². The molecule has 1 aliphatic carbocycles. The van der Waals surface area contributed by atoms with Crippen LogP contribution in [-0.4, -0.2) is 18.0 Å². The van der Waals surface area contributed by atoms with Gasteiger partial charge in [-0.25, -0.2) is 0 Å². The minimum atomic E-state index is -0.184. The fraction of sp³-hybridized carbons (Fsp3) is 0.667. The Morgan fingerprint density at radius 1 is 1.53 bits per heavy atom. The Bertz CT molecular complexity index is 439. The number of aryl methyl sites for hydroxylation is 2. The van der Waals surface area contributed by atoms with E-state index < -0.39 is 0 Å². The molecule has 0 spiro atoms. The van der Waals surface area contributed by atoms with E-state index in [1.165, 1.54) is 22.6 Å². The molecule has 0 bridgehead atoms. The maximum Gasteiger partial charge on any atom is 0.220 e. The van der Waals surface area contributed by atoms with Crippen molar-refractivity contribution in [2.75, 3.05) is 6.54 Å². The Kier molecular flexibility index (Phi) is 4.63. The topological polar surface area (TPSA) is 55.1 Å². The molecule has 3 nitrogen and oxygen atoms in total. The summed E-state index contributed by atoms with van der Waals surface area (Å²) in [6.07, 6.45) is 4.90. The summed E-state index contributed by atoms with van der Waals surface area (Å²) in [6.45, 7) is 4.72. The zero-order chi connectivity index (χ0) is 13.9. The van der Waals surface area contributed by atoms with Crippen LogP contribution in [0.3, 0.4) is 0 Å². The SMILES string of the molecule is Cc1ccc(CCCC(=O)NC(C)(CN)C2CC2)s1. The molecule has 2 rings (SSSR count). The van der Waals surface area contributed by atoms with Crippen LogP contribution in [0.1, 0.15) is 42.4 Å². The number of carbonyl (C=O) groups is 1. The fourth-order valence-electron chi connectivity index (χ4n) is 2.46. The van der Waals surface area contributed by atoms with E-state index in [1.54, 1.807) is 0 Å². The van der Waals surface area contributed by atoms with E-state index in [-0.39, 0.29) is 11.4 Å². The first kappa shape index (κ1) is 14.5. The molecular formula is C15H24N2OS. The molecule has 1 amide bonds. The van der Waals surface area contributed by atoms with Crippen molar-refractivity contribution in [3.63, 3.8) is 0 Å². The van der Waals surface area contributed by atoms with Gasteiger partial charge >= 0.3 is 0 Å². The van der Waals surface area contributed by atoms with Crippen molar-refractivity contribution in [1.29, 1.82) is 0 Å². The molecule has 1 aromatic heterocycles. The third-order valence-electron chi connectivity index (χ3n) is 3.95. The van der Waals surface area contributed by atoms with Crippen molar-refractivity contribution >= 4 is 17.2 Å². The van der Waals surface area contributed by atoms with E-state index in [2.05, 4.69) is 31.3 Å². The van der Waals surface area contributed by atoms with Crippen LogP contribution in [0.4, 0.5) is 0 Å². The maximum absolute atomic E-state index is 12.0. The summed E-state index contributed by atoms with van der Waals surface area (Å²) < 4.78 is 0. The summed E-state index contributed by atoms with van der Waals surface area (Å²) in [7, 11) is 0. The third kappa shape index (κ3) is 4.05. The van der Waals surface area contributed by atoms with Gasteiger partial charge in [0.25, 0.3) is 0 Å². The van der Waals surface area contributed by atoms with Gasteiger partial charge in [-0.3, -0.25) is 4.79 Å². The molecule has 1 aliphatic rings. The summed E-state index contributed by atoms with van der Waals surface area (Å²) in [5.74, 6) is 0.731. The number of hydrogen-bond acceptors (Lipinski definition) is 3. The van der Waals surface area contributed by atoms with E-state index in [9.17, 15) is 4.79 Å². The van der Waals surface area contributed by atoms with Crippen molar-refractivity contribution in [3.05, 3.63) is 21.9 Å². The Morgan fingerprint density at radius 2 is 2.26 bits per heavy atom. The lowest BCUT2D eigenvalue weighted by molar-refractivity contribution is -0.123. The third-order valence-corrected chi connectivity index (χ3v) is 5.01. The molecule has 19 heavy (non-hydrogen) atoms. The largest absolute Gasteiger partial charge is 0.349 e. The van der Waals surface area contributed by atoms with Gasteiger partial charge in [-0.1, -0.05) is 0 Å². The highest BCUT2D eigenvalue weighted by atomic mass is 32.1. The lowest BCUT2D eigenvalue weighted by Gasteiger charge is -2.29. The standard InChI is InChI=1S/C15H24N2OS/c1-11-6-9-13(19-11)4-3-5-14(18)17-15(2,10-16)12-7-8-12/h6,9,12H,3-5,7-8,10,16H2,1-2H3,(H,17,18). The molecule has 1 unspecified atom stereocenters. The molecule has 0 aromatic carbocycles. The van der Waals surface area contributed by atoms with Crippen LogP contribution in [0.15, 0.2) is 12.1 Å². The Hall–Kier alpha value is -0.870. The van der Waals surface area contributed by atoms with E-state index in [1.807, 2.05) is 11.3 Å². The predicted molar refractivity (Wildman–Crippen MR) is 80.3 cm³/mol. The van der Waals surface area contributed by atoms with Crippen molar-refractivity contribution < 1.29 is 4.79 Å². The quantitative estimate of drug-likeness (QED) is 0.806. The number of thiophene rings is 1. The lowest BCUT2D eigenvalue weighted by Crippen LogP contribution is -2.53. The molecule has 1 heterocycles. The molecule has 106 valence electrons. The second-order valence-corrected chi connectivity index (χ2v) is 7.18. The molecule has 0 aliphatic heterocycles. The van der Waals surface area contributed by atoms with E-state index in [0.717, 1.165) is 12.8 Å². The Morgan fingerprint density at radius 3 is 2.79 bits per heavy atom. The first-order valence-electron chi connectivity index (χ1n) is 7.10. The number of hydrogen-bond donors (Lipinski definition) is 2. The Balaban J connectivity index is 1.72. The first-order valence-corrected chi connectivity index (χ1v) is 7.91. The summed E-state index contributed by atoms with van der Waals surface area (Å²) in [4.78, 5) is 14.7. The summed E-state index contributed by atoms with van der Waals surface area (Å²) >= 11 is 1.82. The molecule has 1 fully saturated rings. The lowest BCUT2D eigenvalue weighted by atomic mass is 9.95. The summed E-state index contributed by atoms with van der Waals surface area (Å²) in [5, 5.41) is 3.14. The van der Waals surface area contributed by atoms with E-state index in [0.29, 0.717) is 18.9 Å². The van der Waals surface area contributed by atoms with Crippen LogP contribution >= 0.6 is 11.3 Å². The second-order valence-electron chi connectivity index (χ2n) is 5.81. The molecule has 3 N–H and O–H groups in total. The smallest absolute Gasteiger partial charge is 0.220 e. The van der Waals surface area contributed by atoms with Crippen LogP contribution in [0, 0.1) is 12.8 Å². The maximum atomic E-state index is 12.0. The van der Waals surface area contributed by atoms with Crippen molar-refractivity contribution in [2.45, 2.75) is 51.5 Å². The number of nitrogens with two attached hydrogens (primary N) is 1. The minimum Gasteiger partial charge on any atom is -0.349 e. The Labute approximate surface area is 119 Å². The van der Waals surface area contributed by atoms with Gasteiger partial charge in [0.15, 0.2) is 0 Å². The van der Waals surface area contributed by atoms with Crippen molar-refractivity contribution in [1.82, 2.24) is 5.32 Å². The zero-order valence-electron chi connectivity index (χ0n) is 11.9. The molecular weight excluding hydrogens is 256 g/mol. The second kappa shape index (κ2) is 6.06. The van der Waals surface area contributed by atoms with Crippen LogP contribution in [0.2, 0.25) is 0 Å². The van der Waals surface area contributed by atoms with Gasteiger partial charge in [-0.15, -0.1) is 11.3 Å². The van der Waals surface area contributed by atoms with Crippen molar-refractivity contribution in [3.8, 4) is 0 Å². The number of rotatable bonds is 7. The van der Waals surface area contributed by atoms with Crippen LogP contribution in [-0.2, 0) is 11.2 Å². The first-order chi connectivity index (χ1) is 9.03. The summed E-state index contributed by atoms with van der Waals surface area (Å²) in [6, 6.07) is 4.30. The van der Waals surface area contributed by atoms with E-state index in [4.69, 9.17) is 5.73 Å². The van der Waals surface area contributed by atoms with Gasteiger partial charge in [0.1, 0.15) is 0 Å². The fourth-order valence-corrected chi connectivity index (χ4v) is 3.40. The highest BCUT2D eigenvalue weighted by Crippen LogP contribution is 2.39. The molecule has 1 atom stereocenters. The van der Waals surface area contributed by atoms with Gasteiger partial charge in [0.2, 0.25) is 5.91 Å². The predicted octanol–water partition coefficient (Wildman–Crippen LogP) is 2.62. The van der Waals surface area contributed by atoms with Crippen LogP contribution < -0.4 is 11.1 Å². The van der Waals surface area contributed by atoms with Gasteiger partial charge < -0.3 is 11.1 Å². The highest BCUT2D eigenvalue weighted by Gasteiger charge is 2.41. The normalized spacial score (nSPS) is 18.1. The monoisotopic (exact) mass is 280 g/mol. The molecule has 1 saturated carbocycles. The molecule has 4 heteroatoms. The van der Waals surface area contributed by atoms with Gasteiger partial charge in [0.05, 0.1) is 5.54 Å². The van der Waals surface area contributed by atoms with Crippen LogP contribution in [0.25, 0.3) is 0 Å². The molecule has 1 aromatic rings. The van der Waals surface area contributed by atoms with Crippen molar-refractivity contribution in [2.24, 2.45) is 11.7 Å². The molecule has 0 radical (unpaired) electrons. The minimum absolute atomic E-state index is 0.146. The van der Waals surface area contributed by atoms with Gasteiger partial charge in [-0.05, 0) is 57.6 Å². The zero-order valence-corrected chi connectivity index (χ0v) is 12.7. The average Bonchev–Trinajstić information content (AvgIpc) is 3.14. The number of amides is 1. The van der Waals surface area contributed by atoms with E-state index >= 15 is 0 Å². The summed E-state index contributed by atoms with van der Waals surface area (Å²) in [5.41, 5.74) is 5.62. The average molecular weight is 280 g/mol. The van der Waals surface area contributed by atoms with Gasteiger partial charge in [0, 0.05) is 22.7 Å². The highest BCUT2D eigenvalue weighted by molar-refractivity contribution is 7.11.